The first-order valence-corrected chi connectivity index (χ1v) is 7.16. The van der Waals surface area contributed by atoms with E-state index in [0.29, 0.717) is 5.92 Å². The molecule has 0 aliphatic carbocycles. The lowest BCUT2D eigenvalue weighted by atomic mass is 9.92. The van der Waals surface area contributed by atoms with E-state index in [2.05, 4.69) is 61.5 Å². The zero-order valence-corrected chi connectivity index (χ0v) is 11.7. The third kappa shape index (κ3) is 3.93. The monoisotopic (exact) mass is 253 g/mol. The van der Waals surface area contributed by atoms with Crippen LogP contribution in [0.2, 0.25) is 0 Å². The third-order valence-corrected chi connectivity index (χ3v) is 3.77. The van der Waals surface area contributed by atoms with Gasteiger partial charge < -0.3 is 5.73 Å². The van der Waals surface area contributed by atoms with E-state index in [1.807, 2.05) is 0 Å². The zero-order valence-electron chi connectivity index (χ0n) is 11.7. The van der Waals surface area contributed by atoms with Crippen LogP contribution in [0, 0.1) is 0 Å². The lowest BCUT2D eigenvalue weighted by Crippen LogP contribution is -2.13. The smallest absolute Gasteiger partial charge is 0.000812 e. The Kier molecular flexibility index (Phi) is 5.17. The standard InChI is InChI=1S/C18H23N/c1-2-15-8-10-16(11-9-15)12-13-18(14-19)17-6-4-3-5-7-17/h3-11,18H,2,12-14,19H2,1H3. The molecule has 2 N–H and O–H groups in total. The van der Waals surface area contributed by atoms with E-state index < -0.39 is 0 Å². The van der Waals surface area contributed by atoms with Gasteiger partial charge in [0.2, 0.25) is 0 Å². The van der Waals surface area contributed by atoms with Crippen molar-refractivity contribution in [2.45, 2.75) is 32.1 Å². The van der Waals surface area contributed by atoms with Gasteiger partial charge in [-0.2, -0.15) is 0 Å². The minimum Gasteiger partial charge on any atom is -0.330 e. The lowest BCUT2D eigenvalue weighted by Gasteiger charge is -2.15. The Balaban J connectivity index is 1.96. The average Bonchev–Trinajstić information content (AvgIpc) is 2.49. The summed E-state index contributed by atoms with van der Waals surface area (Å²) < 4.78 is 0. The fourth-order valence-electron chi connectivity index (χ4n) is 2.43. The van der Waals surface area contributed by atoms with Crippen molar-refractivity contribution in [1.29, 1.82) is 0 Å². The Labute approximate surface area is 116 Å². The Bertz CT molecular complexity index is 473. The van der Waals surface area contributed by atoms with E-state index in [1.54, 1.807) is 0 Å². The van der Waals surface area contributed by atoms with Crippen molar-refractivity contribution in [2.24, 2.45) is 5.73 Å². The van der Waals surface area contributed by atoms with Gasteiger partial charge in [0.15, 0.2) is 0 Å². The highest BCUT2D eigenvalue weighted by atomic mass is 14.5. The third-order valence-electron chi connectivity index (χ3n) is 3.77. The molecule has 0 aromatic heterocycles. The van der Waals surface area contributed by atoms with Crippen LogP contribution in [-0.2, 0) is 12.8 Å². The molecule has 0 radical (unpaired) electrons. The van der Waals surface area contributed by atoms with Crippen LogP contribution in [0.4, 0.5) is 0 Å². The van der Waals surface area contributed by atoms with Gasteiger partial charge in [0.25, 0.3) is 0 Å². The van der Waals surface area contributed by atoms with Crippen molar-refractivity contribution in [3.63, 3.8) is 0 Å². The second-order valence-corrected chi connectivity index (χ2v) is 5.05. The van der Waals surface area contributed by atoms with Crippen LogP contribution in [0.3, 0.4) is 0 Å². The normalized spacial score (nSPS) is 12.3. The molecule has 0 heterocycles. The molecule has 0 bridgehead atoms. The molecule has 2 rings (SSSR count). The van der Waals surface area contributed by atoms with Gasteiger partial charge in [-0.25, -0.2) is 0 Å². The van der Waals surface area contributed by atoms with Crippen LogP contribution in [0.25, 0.3) is 0 Å². The van der Waals surface area contributed by atoms with Crippen molar-refractivity contribution in [3.8, 4) is 0 Å². The summed E-state index contributed by atoms with van der Waals surface area (Å²) in [4.78, 5) is 0. The quantitative estimate of drug-likeness (QED) is 0.829. The molecule has 19 heavy (non-hydrogen) atoms. The topological polar surface area (TPSA) is 26.0 Å². The molecule has 1 heteroatoms. The molecule has 0 amide bonds. The van der Waals surface area contributed by atoms with Crippen LogP contribution < -0.4 is 5.73 Å². The second-order valence-electron chi connectivity index (χ2n) is 5.05. The summed E-state index contributed by atoms with van der Waals surface area (Å²) in [5, 5.41) is 0. The maximum absolute atomic E-state index is 5.91. The van der Waals surface area contributed by atoms with E-state index in [9.17, 15) is 0 Å². The van der Waals surface area contributed by atoms with E-state index in [0.717, 1.165) is 25.8 Å². The van der Waals surface area contributed by atoms with Gasteiger partial charge >= 0.3 is 0 Å². The van der Waals surface area contributed by atoms with Gasteiger partial charge in [-0.3, -0.25) is 0 Å². The van der Waals surface area contributed by atoms with E-state index in [4.69, 9.17) is 5.73 Å². The molecule has 0 fully saturated rings. The van der Waals surface area contributed by atoms with Gasteiger partial charge in [-0.1, -0.05) is 61.5 Å². The molecule has 100 valence electrons. The maximum Gasteiger partial charge on any atom is -0.000812 e. The minimum absolute atomic E-state index is 0.465. The fourth-order valence-corrected chi connectivity index (χ4v) is 2.43. The summed E-state index contributed by atoms with van der Waals surface area (Å²) in [5.41, 5.74) is 10.1. The summed E-state index contributed by atoms with van der Waals surface area (Å²) in [6.07, 6.45) is 3.32. The fraction of sp³-hybridized carbons (Fsp3) is 0.333. The van der Waals surface area contributed by atoms with Gasteiger partial charge in [0, 0.05) is 0 Å². The molecule has 0 aliphatic heterocycles. The van der Waals surface area contributed by atoms with E-state index >= 15 is 0 Å². The predicted molar refractivity (Wildman–Crippen MR) is 82.4 cm³/mol. The first kappa shape index (κ1) is 13.8. The minimum atomic E-state index is 0.465. The Morgan fingerprint density at radius 1 is 0.895 bits per heavy atom. The highest BCUT2D eigenvalue weighted by molar-refractivity contribution is 5.24. The van der Waals surface area contributed by atoms with E-state index in [1.165, 1.54) is 16.7 Å². The maximum atomic E-state index is 5.91. The van der Waals surface area contributed by atoms with Gasteiger partial charge in [-0.05, 0) is 48.4 Å². The van der Waals surface area contributed by atoms with Crippen molar-refractivity contribution >= 4 is 0 Å². The van der Waals surface area contributed by atoms with Crippen molar-refractivity contribution in [2.75, 3.05) is 6.54 Å². The van der Waals surface area contributed by atoms with Crippen LogP contribution in [0.15, 0.2) is 54.6 Å². The Morgan fingerprint density at radius 3 is 2.11 bits per heavy atom. The molecule has 1 unspecified atom stereocenters. The molecular formula is C18H23N. The molecule has 2 aromatic carbocycles. The largest absolute Gasteiger partial charge is 0.330 e. The van der Waals surface area contributed by atoms with Gasteiger partial charge in [0.1, 0.15) is 0 Å². The van der Waals surface area contributed by atoms with Gasteiger partial charge in [0.05, 0.1) is 0 Å². The Morgan fingerprint density at radius 2 is 1.53 bits per heavy atom. The number of benzene rings is 2. The summed E-state index contributed by atoms with van der Waals surface area (Å²) in [6.45, 7) is 2.91. The second kappa shape index (κ2) is 7.10. The molecule has 1 nitrogen and oxygen atoms in total. The van der Waals surface area contributed by atoms with Crippen molar-refractivity contribution in [1.82, 2.24) is 0 Å². The first-order chi connectivity index (χ1) is 9.33. The first-order valence-electron chi connectivity index (χ1n) is 7.16. The van der Waals surface area contributed by atoms with Crippen LogP contribution in [0.1, 0.15) is 36.0 Å². The number of hydrogen-bond acceptors (Lipinski definition) is 1. The summed E-state index contributed by atoms with van der Waals surface area (Å²) in [7, 11) is 0. The SMILES string of the molecule is CCc1ccc(CCC(CN)c2ccccc2)cc1. The molecular weight excluding hydrogens is 230 g/mol. The van der Waals surface area contributed by atoms with E-state index in [-0.39, 0.29) is 0 Å². The average molecular weight is 253 g/mol. The van der Waals surface area contributed by atoms with Crippen LogP contribution >= 0.6 is 0 Å². The van der Waals surface area contributed by atoms with Gasteiger partial charge in [-0.15, -0.1) is 0 Å². The lowest BCUT2D eigenvalue weighted by molar-refractivity contribution is 0.634. The predicted octanol–water partition coefficient (Wildman–Crippen LogP) is 3.92. The number of nitrogens with two attached hydrogens (primary N) is 1. The molecule has 0 saturated heterocycles. The summed E-state index contributed by atoms with van der Waals surface area (Å²) in [6, 6.07) is 19.6. The van der Waals surface area contributed by atoms with Crippen LogP contribution in [-0.4, -0.2) is 6.54 Å². The molecule has 1 atom stereocenters. The number of aryl methyl sites for hydroxylation is 2. The summed E-state index contributed by atoms with van der Waals surface area (Å²) in [5.74, 6) is 0.465. The molecule has 0 saturated carbocycles. The highest BCUT2D eigenvalue weighted by Crippen LogP contribution is 2.20. The van der Waals surface area contributed by atoms with Crippen LogP contribution in [0.5, 0.6) is 0 Å². The molecule has 0 spiro atoms. The number of hydrogen-bond donors (Lipinski definition) is 1. The Hall–Kier alpha value is -1.60. The van der Waals surface area contributed by atoms with Crippen molar-refractivity contribution in [3.05, 3.63) is 71.3 Å². The number of rotatable bonds is 6. The molecule has 0 aliphatic rings. The zero-order chi connectivity index (χ0) is 13.5. The molecule has 2 aromatic rings. The highest BCUT2D eigenvalue weighted by Gasteiger charge is 2.09. The van der Waals surface area contributed by atoms with Crippen molar-refractivity contribution < 1.29 is 0 Å². The summed E-state index contributed by atoms with van der Waals surface area (Å²) >= 11 is 0.